The van der Waals surface area contributed by atoms with Gasteiger partial charge >= 0.3 is 6.18 Å². The number of anilines is 2. The number of hydrogen-bond donors (Lipinski definition) is 3. The third-order valence-corrected chi connectivity index (χ3v) is 5.06. The standard InChI is InChI=1S/C21H21F6N3O2/c1-2-12-3-6-16(15(23)7-12)29-18-13(4-5-14(22)17(18)24)19(31)30-10-20(32,11-30)8-28-9-21(25,26)27/h3-7,28-29,32H,2,8-11H2,1H3. The first-order chi connectivity index (χ1) is 14.9. The van der Waals surface area contributed by atoms with Gasteiger partial charge in [0.25, 0.3) is 5.91 Å². The normalized spacial score (nSPS) is 15.4. The molecule has 32 heavy (non-hydrogen) atoms. The molecule has 0 spiro atoms. The number of carbonyl (C=O) groups is 1. The fourth-order valence-electron chi connectivity index (χ4n) is 3.39. The van der Waals surface area contributed by atoms with Crippen molar-refractivity contribution in [2.24, 2.45) is 0 Å². The largest absolute Gasteiger partial charge is 0.401 e. The lowest BCUT2D eigenvalue weighted by atomic mass is 9.92. The molecule has 1 fully saturated rings. The van der Waals surface area contributed by atoms with Gasteiger partial charge in [-0.3, -0.25) is 4.79 Å². The summed E-state index contributed by atoms with van der Waals surface area (Å²) in [5.74, 6) is -4.17. The third kappa shape index (κ3) is 5.33. The molecule has 1 aliphatic rings. The van der Waals surface area contributed by atoms with Crippen molar-refractivity contribution in [1.29, 1.82) is 0 Å². The number of likely N-dealkylation sites (tertiary alicyclic amines) is 1. The van der Waals surface area contributed by atoms with Crippen molar-refractivity contribution >= 4 is 17.3 Å². The van der Waals surface area contributed by atoms with Gasteiger partial charge in [-0.15, -0.1) is 0 Å². The van der Waals surface area contributed by atoms with Crippen LogP contribution in [0.15, 0.2) is 30.3 Å². The van der Waals surface area contributed by atoms with Gasteiger partial charge in [0, 0.05) is 6.54 Å². The highest BCUT2D eigenvalue weighted by molar-refractivity contribution is 6.01. The molecular formula is C21H21F6N3O2. The van der Waals surface area contributed by atoms with E-state index in [2.05, 4.69) is 10.6 Å². The highest BCUT2D eigenvalue weighted by atomic mass is 19.4. The van der Waals surface area contributed by atoms with Gasteiger partial charge in [-0.2, -0.15) is 13.2 Å². The molecule has 0 saturated carbocycles. The van der Waals surface area contributed by atoms with Crippen LogP contribution >= 0.6 is 0 Å². The van der Waals surface area contributed by atoms with Crippen LogP contribution in [0.25, 0.3) is 0 Å². The van der Waals surface area contributed by atoms with E-state index in [0.29, 0.717) is 12.0 Å². The van der Waals surface area contributed by atoms with Gasteiger partial charge in [0.15, 0.2) is 11.6 Å². The number of aryl methyl sites for hydroxylation is 1. The molecule has 0 radical (unpaired) electrons. The van der Waals surface area contributed by atoms with Crippen LogP contribution in [0.2, 0.25) is 0 Å². The van der Waals surface area contributed by atoms with E-state index >= 15 is 0 Å². The highest BCUT2D eigenvalue weighted by Crippen LogP contribution is 2.31. The van der Waals surface area contributed by atoms with Crippen LogP contribution in [-0.2, 0) is 6.42 Å². The Labute approximate surface area is 180 Å². The molecule has 3 rings (SSSR count). The summed E-state index contributed by atoms with van der Waals surface area (Å²) < 4.78 is 79.4. The number of β-amino-alcohol motifs (C(OH)–C–C–N with tert-alkyl or cyclic N) is 1. The van der Waals surface area contributed by atoms with E-state index in [9.17, 15) is 36.2 Å². The Balaban J connectivity index is 1.76. The Hall–Kier alpha value is -2.79. The molecule has 0 bridgehead atoms. The number of amides is 1. The van der Waals surface area contributed by atoms with Crippen LogP contribution < -0.4 is 10.6 Å². The molecule has 3 N–H and O–H groups in total. The average Bonchev–Trinajstić information content (AvgIpc) is 2.69. The summed E-state index contributed by atoms with van der Waals surface area (Å²) in [7, 11) is 0. The van der Waals surface area contributed by atoms with E-state index < -0.39 is 53.9 Å². The highest BCUT2D eigenvalue weighted by Gasteiger charge is 2.44. The Bertz CT molecular complexity index is 1010. The van der Waals surface area contributed by atoms with Crippen molar-refractivity contribution in [2.45, 2.75) is 25.1 Å². The van der Waals surface area contributed by atoms with E-state index in [0.717, 1.165) is 17.0 Å². The Morgan fingerprint density at radius 3 is 2.41 bits per heavy atom. The Morgan fingerprint density at radius 2 is 1.81 bits per heavy atom. The maximum absolute atomic E-state index is 14.5. The number of alkyl halides is 3. The minimum Gasteiger partial charge on any atom is -0.385 e. The SMILES string of the molecule is CCc1ccc(Nc2c(C(=O)N3CC(O)(CNCC(F)(F)F)C3)ccc(F)c2F)c(F)c1. The van der Waals surface area contributed by atoms with Gasteiger partial charge in [-0.1, -0.05) is 13.0 Å². The molecule has 174 valence electrons. The van der Waals surface area contributed by atoms with Gasteiger partial charge in [0.2, 0.25) is 0 Å². The second-order valence-electron chi connectivity index (χ2n) is 7.68. The first kappa shape index (κ1) is 23.9. The first-order valence-corrected chi connectivity index (χ1v) is 9.75. The summed E-state index contributed by atoms with van der Waals surface area (Å²) >= 11 is 0. The number of carbonyl (C=O) groups excluding carboxylic acids is 1. The van der Waals surface area contributed by atoms with Crippen molar-refractivity contribution in [3.05, 3.63) is 58.9 Å². The quantitative estimate of drug-likeness (QED) is 0.550. The molecule has 5 nitrogen and oxygen atoms in total. The molecular weight excluding hydrogens is 440 g/mol. The maximum Gasteiger partial charge on any atom is 0.401 e. The zero-order chi connectivity index (χ0) is 23.7. The van der Waals surface area contributed by atoms with Crippen LogP contribution in [0.4, 0.5) is 37.7 Å². The van der Waals surface area contributed by atoms with Crippen molar-refractivity contribution in [3.8, 4) is 0 Å². The second-order valence-corrected chi connectivity index (χ2v) is 7.68. The van der Waals surface area contributed by atoms with E-state index in [-0.39, 0.29) is 24.3 Å². The summed E-state index contributed by atoms with van der Waals surface area (Å²) in [6, 6.07) is 5.90. The molecule has 1 amide bonds. The molecule has 0 unspecified atom stereocenters. The van der Waals surface area contributed by atoms with Crippen LogP contribution in [0, 0.1) is 17.5 Å². The number of hydrogen-bond acceptors (Lipinski definition) is 4. The van der Waals surface area contributed by atoms with Gasteiger partial charge in [-0.05, 0) is 36.2 Å². The fourth-order valence-corrected chi connectivity index (χ4v) is 3.39. The third-order valence-electron chi connectivity index (χ3n) is 5.06. The zero-order valence-electron chi connectivity index (χ0n) is 17.0. The van der Waals surface area contributed by atoms with Gasteiger partial charge in [-0.25, -0.2) is 13.2 Å². The minimum absolute atomic E-state index is 0.169. The predicted octanol–water partition coefficient (Wildman–Crippen LogP) is 3.75. The number of aliphatic hydroxyl groups is 1. The molecule has 11 heteroatoms. The van der Waals surface area contributed by atoms with Gasteiger partial charge in [0.1, 0.15) is 11.4 Å². The monoisotopic (exact) mass is 461 g/mol. The predicted molar refractivity (Wildman–Crippen MR) is 105 cm³/mol. The number of halogens is 6. The smallest absolute Gasteiger partial charge is 0.385 e. The van der Waals surface area contributed by atoms with Crippen LogP contribution in [-0.4, -0.2) is 53.9 Å². The minimum atomic E-state index is -4.45. The zero-order valence-corrected chi connectivity index (χ0v) is 17.0. The first-order valence-electron chi connectivity index (χ1n) is 9.75. The Kier molecular flexibility index (Phi) is 6.70. The topological polar surface area (TPSA) is 64.6 Å². The summed E-state index contributed by atoms with van der Waals surface area (Å²) in [5, 5.41) is 14.7. The van der Waals surface area contributed by atoms with Crippen LogP contribution in [0.3, 0.4) is 0 Å². The van der Waals surface area contributed by atoms with Crippen molar-refractivity contribution < 1.29 is 36.2 Å². The van der Waals surface area contributed by atoms with Crippen molar-refractivity contribution in [2.75, 3.05) is 31.5 Å². The molecule has 0 aromatic heterocycles. The van der Waals surface area contributed by atoms with Crippen molar-refractivity contribution in [1.82, 2.24) is 10.2 Å². The lowest BCUT2D eigenvalue weighted by Gasteiger charge is -2.46. The summed E-state index contributed by atoms with van der Waals surface area (Å²) in [6.45, 7) is -0.516. The number of benzene rings is 2. The Morgan fingerprint density at radius 1 is 1.12 bits per heavy atom. The van der Waals surface area contributed by atoms with Crippen molar-refractivity contribution in [3.63, 3.8) is 0 Å². The number of nitrogens with one attached hydrogen (secondary N) is 2. The average molecular weight is 461 g/mol. The fraction of sp³-hybridized carbons (Fsp3) is 0.381. The summed E-state index contributed by atoms with van der Waals surface area (Å²) in [4.78, 5) is 13.9. The molecule has 0 aliphatic carbocycles. The maximum atomic E-state index is 14.5. The lowest BCUT2D eigenvalue weighted by Crippen LogP contribution is -2.67. The second kappa shape index (κ2) is 8.99. The molecule has 0 atom stereocenters. The van der Waals surface area contributed by atoms with E-state index in [4.69, 9.17) is 0 Å². The number of rotatable bonds is 7. The van der Waals surface area contributed by atoms with Gasteiger partial charge in [0.05, 0.1) is 36.6 Å². The molecule has 1 heterocycles. The van der Waals surface area contributed by atoms with Crippen LogP contribution in [0.1, 0.15) is 22.8 Å². The molecule has 2 aromatic carbocycles. The summed E-state index contributed by atoms with van der Waals surface area (Å²) in [5.41, 5.74) is -1.97. The summed E-state index contributed by atoms with van der Waals surface area (Å²) in [6.07, 6.45) is -3.89. The van der Waals surface area contributed by atoms with Gasteiger partial charge < -0.3 is 20.6 Å². The lowest BCUT2D eigenvalue weighted by molar-refractivity contribution is -0.131. The molecule has 2 aromatic rings. The number of nitrogens with zero attached hydrogens (tertiary/aromatic N) is 1. The van der Waals surface area contributed by atoms with E-state index in [1.807, 2.05) is 6.92 Å². The van der Waals surface area contributed by atoms with E-state index in [1.165, 1.54) is 12.1 Å². The van der Waals surface area contributed by atoms with E-state index in [1.54, 1.807) is 6.07 Å². The van der Waals surface area contributed by atoms with Crippen LogP contribution in [0.5, 0.6) is 0 Å². The molecule has 1 aliphatic heterocycles. The molecule has 1 saturated heterocycles.